The van der Waals surface area contributed by atoms with Crippen LogP contribution in [-0.4, -0.2) is 16.5 Å². The van der Waals surface area contributed by atoms with E-state index in [2.05, 4.69) is 24.2 Å². The summed E-state index contributed by atoms with van der Waals surface area (Å²) in [5.74, 6) is 0.882. The molecule has 2 nitrogen and oxygen atoms in total. The zero-order valence-corrected chi connectivity index (χ0v) is 12.8. The maximum atomic E-state index is 13.6. The van der Waals surface area contributed by atoms with Crippen molar-refractivity contribution < 1.29 is 4.39 Å². The number of hydrogen-bond acceptors (Lipinski definition) is 2. The number of rotatable bonds is 3. The van der Waals surface area contributed by atoms with Gasteiger partial charge < -0.3 is 5.32 Å². The molecule has 1 N–H and O–H groups in total. The van der Waals surface area contributed by atoms with Crippen LogP contribution in [0.1, 0.15) is 44.4 Å². The number of aryl methyl sites for hydroxylation is 1. The fourth-order valence-electron chi connectivity index (χ4n) is 1.94. The Bertz CT molecular complexity index is 501. The highest BCUT2D eigenvalue weighted by Crippen LogP contribution is 2.28. The van der Waals surface area contributed by atoms with Crippen LogP contribution in [0.5, 0.6) is 0 Å². The van der Waals surface area contributed by atoms with Crippen molar-refractivity contribution in [3.8, 4) is 0 Å². The van der Waals surface area contributed by atoms with Crippen molar-refractivity contribution in [2.75, 3.05) is 5.75 Å². The van der Waals surface area contributed by atoms with E-state index in [1.807, 2.05) is 19.1 Å². The molecule has 19 heavy (non-hydrogen) atoms. The molecule has 104 valence electrons. The molecule has 0 bridgehead atoms. The molecule has 4 heteroatoms. The Labute approximate surface area is 118 Å². The van der Waals surface area contributed by atoms with Crippen LogP contribution in [0.4, 0.5) is 4.39 Å². The molecule has 2 atom stereocenters. The molecule has 0 aromatic heterocycles. The third kappa shape index (κ3) is 3.30. The molecule has 1 aromatic rings. The summed E-state index contributed by atoms with van der Waals surface area (Å²) in [6, 6.07) is 5.32. The van der Waals surface area contributed by atoms with E-state index in [0.29, 0.717) is 5.56 Å². The molecule has 1 aliphatic heterocycles. The van der Waals surface area contributed by atoms with E-state index in [0.717, 1.165) is 22.9 Å². The SMILES string of the molecule is CCC1(C)CSC(=NC(C)c2ccc(C)c(F)c2)N1. The smallest absolute Gasteiger partial charge is 0.157 e. The van der Waals surface area contributed by atoms with E-state index in [1.165, 1.54) is 0 Å². The summed E-state index contributed by atoms with van der Waals surface area (Å²) in [5.41, 5.74) is 1.74. The number of benzene rings is 1. The zero-order chi connectivity index (χ0) is 14.0. The summed E-state index contributed by atoms with van der Waals surface area (Å²) in [5, 5.41) is 4.43. The lowest BCUT2D eigenvalue weighted by atomic mass is 10.0. The van der Waals surface area contributed by atoms with Gasteiger partial charge in [0.1, 0.15) is 5.82 Å². The second-order valence-corrected chi connectivity index (χ2v) is 6.41. The van der Waals surface area contributed by atoms with Gasteiger partial charge in [-0.1, -0.05) is 30.8 Å². The van der Waals surface area contributed by atoms with E-state index >= 15 is 0 Å². The summed E-state index contributed by atoms with van der Waals surface area (Å²) in [6.07, 6.45) is 1.08. The quantitative estimate of drug-likeness (QED) is 0.903. The maximum absolute atomic E-state index is 13.6. The number of aliphatic imine (C=N–C) groups is 1. The first-order valence-corrected chi connectivity index (χ1v) is 7.67. The van der Waals surface area contributed by atoms with Gasteiger partial charge in [-0.25, -0.2) is 4.39 Å². The van der Waals surface area contributed by atoms with E-state index < -0.39 is 0 Å². The van der Waals surface area contributed by atoms with E-state index in [-0.39, 0.29) is 17.4 Å². The topological polar surface area (TPSA) is 24.4 Å². The van der Waals surface area contributed by atoms with Crippen molar-refractivity contribution in [2.45, 2.75) is 45.7 Å². The van der Waals surface area contributed by atoms with E-state index in [4.69, 9.17) is 0 Å². The van der Waals surface area contributed by atoms with E-state index in [1.54, 1.807) is 24.8 Å². The standard InChI is InChI=1S/C15H21FN2S/c1-5-15(4)9-19-14(18-15)17-11(3)12-7-6-10(2)13(16)8-12/h6-8,11H,5,9H2,1-4H3,(H,17,18). The molecule has 0 spiro atoms. The van der Waals surface area contributed by atoms with Crippen molar-refractivity contribution in [3.63, 3.8) is 0 Å². The number of nitrogens with one attached hydrogen (secondary N) is 1. The first-order valence-electron chi connectivity index (χ1n) is 6.68. The van der Waals surface area contributed by atoms with Gasteiger partial charge in [-0.15, -0.1) is 0 Å². The Balaban J connectivity index is 2.13. The fourth-order valence-corrected chi connectivity index (χ4v) is 3.22. The Kier molecular flexibility index (Phi) is 4.19. The monoisotopic (exact) mass is 280 g/mol. The van der Waals surface area contributed by atoms with Crippen LogP contribution in [0, 0.1) is 12.7 Å². The first-order chi connectivity index (χ1) is 8.93. The fraction of sp³-hybridized carbons (Fsp3) is 0.533. The van der Waals surface area contributed by atoms with Gasteiger partial charge in [-0.3, -0.25) is 4.99 Å². The lowest BCUT2D eigenvalue weighted by molar-refractivity contribution is 0.465. The van der Waals surface area contributed by atoms with Gasteiger partial charge in [0, 0.05) is 11.3 Å². The van der Waals surface area contributed by atoms with Crippen LogP contribution in [0.15, 0.2) is 23.2 Å². The van der Waals surface area contributed by atoms with Crippen LogP contribution >= 0.6 is 11.8 Å². The van der Waals surface area contributed by atoms with Gasteiger partial charge in [0.05, 0.1) is 6.04 Å². The first kappa shape index (κ1) is 14.4. The molecule has 0 saturated carbocycles. The highest BCUT2D eigenvalue weighted by atomic mass is 32.2. The van der Waals surface area contributed by atoms with Crippen LogP contribution in [0.25, 0.3) is 0 Å². The number of hydrogen-bond donors (Lipinski definition) is 1. The molecule has 1 saturated heterocycles. The maximum Gasteiger partial charge on any atom is 0.157 e. The van der Waals surface area contributed by atoms with Gasteiger partial charge in [-0.05, 0) is 44.4 Å². The molecule has 0 radical (unpaired) electrons. The van der Waals surface area contributed by atoms with Crippen molar-refractivity contribution in [1.29, 1.82) is 0 Å². The Hall–Kier alpha value is -1.03. The minimum atomic E-state index is -0.157. The number of nitrogens with zero attached hydrogens (tertiary/aromatic N) is 1. The number of halogens is 1. The summed E-state index contributed by atoms with van der Waals surface area (Å²) < 4.78 is 13.6. The minimum absolute atomic E-state index is 0.0238. The van der Waals surface area contributed by atoms with Gasteiger partial charge in [-0.2, -0.15) is 0 Å². The van der Waals surface area contributed by atoms with Crippen molar-refractivity contribution in [3.05, 3.63) is 35.1 Å². The zero-order valence-electron chi connectivity index (χ0n) is 12.0. The van der Waals surface area contributed by atoms with Crippen LogP contribution in [-0.2, 0) is 0 Å². The molecule has 1 aromatic carbocycles. The normalized spacial score (nSPS) is 26.5. The van der Waals surface area contributed by atoms with Gasteiger partial charge in [0.2, 0.25) is 0 Å². The lowest BCUT2D eigenvalue weighted by Gasteiger charge is -2.21. The van der Waals surface area contributed by atoms with Gasteiger partial charge in [0.15, 0.2) is 5.17 Å². The highest BCUT2D eigenvalue weighted by Gasteiger charge is 2.30. The van der Waals surface area contributed by atoms with Crippen LogP contribution in [0.2, 0.25) is 0 Å². The third-order valence-corrected chi connectivity index (χ3v) is 4.97. The average molecular weight is 280 g/mol. The Morgan fingerprint density at radius 3 is 2.84 bits per heavy atom. The number of thioether (sulfide) groups is 1. The third-order valence-electron chi connectivity index (χ3n) is 3.71. The predicted octanol–water partition coefficient (Wildman–Crippen LogP) is 4.06. The molecular formula is C15H21FN2S. The average Bonchev–Trinajstić information content (AvgIpc) is 2.75. The summed E-state index contributed by atoms with van der Waals surface area (Å²) in [4.78, 5) is 4.66. The Morgan fingerprint density at radius 1 is 1.53 bits per heavy atom. The van der Waals surface area contributed by atoms with Crippen LogP contribution < -0.4 is 5.32 Å². The van der Waals surface area contributed by atoms with Crippen molar-refractivity contribution in [2.24, 2.45) is 4.99 Å². The molecule has 1 fully saturated rings. The summed E-state index contributed by atoms with van der Waals surface area (Å²) >= 11 is 1.75. The molecular weight excluding hydrogens is 259 g/mol. The summed E-state index contributed by atoms with van der Waals surface area (Å²) in [7, 11) is 0. The van der Waals surface area contributed by atoms with Crippen molar-refractivity contribution >= 4 is 16.9 Å². The summed E-state index contributed by atoms with van der Waals surface area (Å²) in [6.45, 7) is 8.16. The predicted molar refractivity (Wildman–Crippen MR) is 81.3 cm³/mol. The number of amidine groups is 1. The molecule has 0 amide bonds. The second-order valence-electron chi connectivity index (χ2n) is 5.45. The Morgan fingerprint density at radius 2 is 2.26 bits per heavy atom. The minimum Gasteiger partial charge on any atom is -0.359 e. The molecule has 1 aliphatic rings. The molecule has 0 aliphatic carbocycles. The van der Waals surface area contributed by atoms with Crippen LogP contribution in [0.3, 0.4) is 0 Å². The molecule has 1 heterocycles. The largest absolute Gasteiger partial charge is 0.359 e. The second kappa shape index (κ2) is 5.53. The van der Waals surface area contributed by atoms with Crippen molar-refractivity contribution in [1.82, 2.24) is 5.32 Å². The lowest BCUT2D eigenvalue weighted by Crippen LogP contribution is -2.39. The molecule has 2 unspecified atom stereocenters. The highest BCUT2D eigenvalue weighted by molar-refractivity contribution is 8.14. The van der Waals surface area contributed by atoms with E-state index in [9.17, 15) is 4.39 Å². The van der Waals surface area contributed by atoms with Gasteiger partial charge in [0.25, 0.3) is 0 Å². The molecule has 2 rings (SSSR count). The van der Waals surface area contributed by atoms with Gasteiger partial charge >= 0.3 is 0 Å².